The van der Waals surface area contributed by atoms with Gasteiger partial charge < -0.3 is 5.11 Å². The number of rotatable bonds is 3. The lowest BCUT2D eigenvalue weighted by Crippen LogP contribution is -2.56. The van der Waals surface area contributed by atoms with E-state index in [-0.39, 0.29) is 5.60 Å². The first-order valence-corrected chi connectivity index (χ1v) is 5.20. The summed E-state index contributed by atoms with van der Waals surface area (Å²) in [6, 6.07) is 0.773. The summed E-state index contributed by atoms with van der Waals surface area (Å²) >= 11 is 0. The molecule has 70 valence electrons. The number of nitrogens with zero attached hydrogens (tertiary/aromatic N) is 1. The van der Waals surface area contributed by atoms with Crippen LogP contribution >= 0.6 is 0 Å². The minimum absolute atomic E-state index is 0.298. The van der Waals surface area contributed by atoms with Gasteiger partial charge in [-0.05, 0) is 32.1 Å². The monoisotopic (exact) mass is 169 g/mol. The fourth-order valence-corrected chi connectivity index (χ4v) is 2.29. The molecule has 1 heterocycles. The minimum atomic E-state index is -0.298. The largest absolute Gasteiger partial charge is 0.389 e. The molecule has 0 aromatic carbocycles. The maximum absolute atomic E-state index is 9.92. The van der Waals surface area contributed by atoms with Crippen LogP contribution < -0.4 is 0 Å². The summed E-state index contributed by atoms with van der Waals surface area (Å²) in [4.78, 5) is 2.44. The average molecular weight is 169 g/mol. The van der Waals surface area contributed by atoms with Crippen molar-refractivity contribution in [2.24, 2.45) is 0 Å². The van der Waals surface area contributed by atoms with Crippen molar-refractivity contribution in [1.29, 1.82) is 0 Å². The number of likely N-dealkylation sites (tertiary alicyclic amines) is 1. The predicted molar refractivity (Wildman–Crippen MR) is 49.1 cm³/mol. The quantitative estimate of drug-likeness (QED) is 0.690. The van der Waals surface area contributed by atoms with Crippen LogP contribution in [0.15, 0.2) is 0 Å². The van der Waals surface area contributed by atoms with Gasteiger partial charge in [0.2, 0.25) is 0 Å². The number of hydrogen-bond acceptors (Lipinski definition) is 2. The molecule has 1 unspecified atom stereocenters. The molecule has 1 saturated heterocycles. The van der Waals surface area contributed by atoms with Gasteiger partial charge >= 0.3 is 0 Å². The maximum Gasteiger partial charge on any atom is 0.0774 e. The maximum atomic E-state index is 9.92. The Kier molecular flexibility index (Phi) is 2.13. The van der Waals surface area contributed by atoms with Crippen LogP contribution in [-0.2, 0) is 0 Å². The topological polar surface area (TPSA) is 23.5 Å². The molecule has 2 fully saturated rings. The highest BCUT2D eigenvalue weighted by Crippen LogP contribution is 2.35. The molecule has 1 aliphatic heterocycles. The van der Waals surface area contributed by atoms with Gasteiger partial charge in [-0.3, -0.25) is 4.90 Å². The van der Waals surface area contributed by atoms with Crippen molar-refractivity contribution in [2.45, 2.75) is 50.7 Å². The first kappa shape index (κ1) is 8.52. The second kappa shape index (κ2) is 3.00. The number of hydrogen-bond donors (Lipinski definition) is 1. The van der Waals surface area contributed by atoms with Crippen molar-refractivity contribution in [2.75, 3.05) is 13.1 Å². The molecule has 0 radical (unpaired) electrons. The van der Waals surface area contributed by atoms with E-state index in [4.69, 9.17) is 0 Å². The highest BCUT2D eigenvalue weighted by atomic mass is 16.3. The molecular formula is C10H19NO. The second-order valence-corrected chi connectivity index (χ2v) is 4.40. The molecule has 2 rings (SSSR count). The Morgan fingerprint density at radius 2 is 2.25 bits per heavy atom. The average Bonchev–Trinajstić information content (AvgIpc) is 1.96. The molecule has 1 atom stereocenters. The van der Waals surface area contributed by atoms with Crippen LogP contribution in [0.4, 0.5) is 0 Å². The van der Waals surface area contributed by atoms with E-state index in [0.717, 1.165) is 25.4 Å². The van der Waals surface area contributed by atoms with Gasteiger partial charge in [0, 0.05) is 19.1 Å². The normalized spacial score (nSPS) is 34.0. The Morgan fingerprint density at radius 1 is 1.50 bits per heavy atom. The summed E-state index contributed by atoms with van der Waals surface area (Å²) in [6.45, 7) is 4.38. The Morgan fingerprint density at radius 3 is 2.58 bits per heavy atom. The highest BCUT2D eigenvalue weighted by Gasteiger charge is 2.39. The summed E-state index contributed by atoms with van der Waals surface area (Å²) in [5.41, 5.74) is -0.298. The molecular weight excluding hydrogens is 150 g/mol. The third kappa shape index (κ3) is 1.38. The van der Waals surface area contributed by atoms with Gasteiger partial charge in [0.25, 0.3) is 0 Å². The zero-order valence-corrected chi connectivity index (χ0v) is 7.92. The van der Waals surface area contributed by atoms with Crippen LogP contribution in [0.5, 0.6) is 0 Å². The molecule has 1 N–H and O–H groups in total. The van der Waals surface area contributed by atoms with Gasteiger partial charge in [-0.15, -0.1) is 0 Å². The van der Waals surface area contributed by atoms with Crippen molar-refractivity contribution in [1.82, 2.24) is 4.90 Å². The molecule has 0 bridgehead atoms. The highest BCUT2D eigenvalue weighted by molar-refractivity contribution is 4.94. The standard InChI is InChI=1S/C10H19NO/c1-2-9-4-7-11(9)8-10(12)5-3-6-10/h9,12H,2-8H2,1H3. The minimum Gasteiger partial charge on any atom is -0.389 e. The molecule has 12 heavy (non-hydrogen) atoms. The van der Waals surface area contributed by atoms with Crippen molar-refractivity contribution in [3.8, 4) is 0 Å². The van der Waals surface area contributed by atoms with E-state index in [1.165, 1.54) is 25.8 Å². The molecule has 0 aromatic heterocycles. The van der Waals surface area contributed by atoms with Crippen molar-refractivity contribution in [3.05, 3.63) is 0 Å². The van der Waals surface area contributed by atoms with Crippen LogP contribution in [-0.4, -0.2) is 34.7 Å². The Balaban J connectivity index is 1.79. The molecule has 2 heteroatoms. The van der Waals surface area contributed by atoms with E-state index >= 15 is 0 Å². The lowest BCUT2D eigenvalue weighted by atomic mass is 9.79. The Hall–Kier alpha value is -0.0800. The van der Waals surface area contributed by atoms with Crippen LogP contribution in [0.2, 0.25) is 0 Å². The second-order valence-electron chi connectivity index (χ2n) is 4.40. The van der Waals surface area contributed by atoms with Crippen molar-refractivity contribution in [3.63, 3.8) is 0 Å². The molecule has 2 aliphatic rings. The zero-order valence-electron chi connectivity index (χ0n) is 7.92. The third-order valence-corrected chi connectivity index (χ3v) is 3.52. The Labute approximate surface area is 74.6 Å². The number of β-amino-alcohol motifs (C(OH)–C–C–N with tert-alkyl or cyclic N) is 1. The molecule has 0 amide bonds. The van der Waals surface area contributed by atoms with E-state index < -0.39 is 0 Å². The molecule has 1 aliphatic carbocycles. The van der Waals surface area contributed by atoms with E-state index in [1.54, 1.807) is 0 Å². The summed E-state index contributed by atoms with van der Waals surface area (Å²) in [5, 5.41) is 9.92. The Bertz CT molecular complexity index is 163. The SMILES string of the molecule is CCC1CCN1CC1(O)CCC1. The molecule has 2 nitrogen and oxygen atoms in total. The summed E-state index contributed by atoms with van der Waals surface area (Å²) < 4.78 is 0. The third-order valence-electron chi connectivity index (χ3n) is 3.52. The fourth-order valence-electron chi connectivity index (χ4n) is 2.29. The smallest absolute Gasteiger partial charge is 0.0774 e. The lowest BCUT2D eigenvalue weighted by Gasteiger charge is -2.48. The van der Waals surface area contributed by atoms with Gasteiger partial charge in [0.05, 0.1) is 5.60 Å². The summed E-state index contributed by atoms with van der Waals surface area (Å²) in [6.07, 6.45) is 5.86. The van der Waals surface area contributed by atoms with Gasteiger partial charge in [0.1, 0.15) is 0 Å². The summed E-state index contributed by atoms with van der Waals surface area (Å²) in [7, 11) is 0. The van der Waals surface area contributed by atoms with Crippen LogP contribution in [0.1, 0.15) is 39.0 Å². The summed E-state index contributed by atoms with van der Waals surface area (Å²) in [5.74, 6) is 0. The predicted octanol–water partition coefficient (Wildman–Crippen LogP) is 1.39. The van der Waals surface area contributed by atoms with Crippen LogP contribution in [0.25, 0.3) is 0 Å². The van der Waals surface area contributed by atoms with Crippen LogP contribution in [0.3, 0.4) is 0 Å². The van der Waals surface area contributed by atoms with Gasteiger partial charge in [-0.25, -0.2) is 0 Å². The molecule has 0 aromatic rings. The van der Waals surface area contributed by atoms with E-state index in [2.05, 4.69) is 11.8 Å². The van der Waals surface area contributed by atoms with Gasteiger partial charge in [-0.1, -0.05) is 6.92 Å². The van der Waals surface area contributed by atoms with E-state index in [1.807, 2.05) is 0 Å². The fraction of sp³-hybridized carbons (Fsp3) is 1.00. The lowest BCUT2D eigenvalue weighted by molar-refractivity contribution is -0.0850. The number of aliphatic hydroxyl groups is 1. The zero-order chi connectivity index (χ0) is 8.60. The molecule has 0 spiro atoms. The first-order valence-electron chi connectivity index (χ1n) is 5.20. The first-order chi connectivity index (χ1) is 5.73. The van der Waals surface area contributed by atoms with Crippen molar-refractivity contribution >= 4 is 0 Å². The van der Waals surface area contributed by atoms with E-state index in [0.29, 0.717) is 0 Å². The van der Waals surface area contributed by atoms with Gasteiger partial charge in [0.15, 0.2) is 0 Å². The molecule has 1 saturated carbocycles. The van der Waals surface area contributed by atoms with Gasteiger partial charge in [-0.2, -0.15) is 0 Å². The van der Waals surface area contributed by atoms with Crippen LogP contribution in [0, 0.1) is 0 Å². The van der Waals surface area contributed by atoms with Crippen molar-refractivity contribution < 1.29 is 5.11 Å². The van der Waals surface area contributed by atoms with E-state index in [9.17, 15) is 5.11 Å².